The van der Waals surface area contributed by atoms with Crippen LogP contribution in [0, 0.1) is 11.6 Å². The minimum atomic E-state index is -3.18. The van der Waals surface area contributed by atoms with Gasteiger partial charge < -0.3 is 4.57 Å². The summed E-state index contributed by atoms with van der Waals surface area (Å²) in [6, 6.07) is 25.0. The summed E-state index contributed by atoms with van der Waals surface area (Å²) in [5, 5.41) is 1.90. The Labute approximate surface area is 161 Å². The van der Waals surface area contributed by atoms with Crippen molar-refractivity contribution in [3.8, 4) is 11.3 Å². The normalized spacial score (nSPS) is 11.4. The van der Waals surface area contributed by atoms with Gasteiger partial charge >= 0.3 is 0 Å². The molecule has 0 unspecified atom stereocenters. The van der Waals surface area contributed by atoms with Crippen LogP contribution in [0.5, 0.6) is 0 Å². The SMILES string of the molecule is O=P(c1ccccc1)(c1ccccc1)c1ccnc(-c2ccc(F)cc2F)c1. The number of benzene rings is 3. The van der Waals surface area contributed by atoms with Crippen molar-refractivity contribution in [1.29, 1.82) is 0 Å². The molecule has 138 valence electrons. The van der Waals surface area contributed by atoms with Gasteiger partial charge in [0.15, 0.2) is 7.14 Å². The first-order valence-electron chi connectivity index (χ1n) is 8.72. The molecular formula is C23H16F2NOP. The van der Waals surface area contributed by atoms with Crippen LogP contribution in [0.3, 0.4) is 0 Å². The van der Waals surface area contributed by atoms with Crippen LogP contribution in [0.1, 0.15) is 0 Å². The van der Waals surface area contributed by atoms with Crippen LogP contribution in [0.15, 0.2) is 97.2 Å². The summed E-state index contributed by atoms with van der Waals surface area (Å²) in [6.45, 7) is 0. The molecule has 4 rings (SSSR count). The monoisotopic (exact) mass is 391 g/mol. The molecular weight excluding hydrogens is 375 g/mol. The smallest absolute Gasteiger partial charge is 0.171 e. The Morgan fingerprint density at radius 1 is 0.679 bits per heavy atom. The predicted octanol–water partition coefficient (Wildman–Crippen LogP) is 4.67. The second kappa shape index (κ2) is 7.49. The van der Waals surface area contributed by atoms with Crippen molar-refractivity contribution in [2.75, 3.05) is 0 Å². The standard InChI is InChI=1S/C23H16F2NOP/c24-17-11-12-21(22(25)15-17)23-16-20(13-14-26-23)28(27,18-7-3-1-4-8-18)19-9-5-2-6-10-19/h1-16H. The van der Waals surface area contributed by atoms with E-state index in [0.29, 0.717) is 21.6 Å². The molecule has 0 radical (unpaired) electrons. The van der Waals surface area contributed by atoms with Gasteiger partial charge in [0.1, 0.15) is 11.6 Å². The molecule has 4 aromatic rings. The third-order valence-corrected chi connectivity index (χ3v) is 7.61. The zero-order valence-corrected chi connectivity index (χ0v) is 15.7. The van der Waals surface area contributed by atoms with Gasteiger partial charge in [-0.2, -0.15) is 0 Å². The minimum Gasteiger partial charge on any atom is -0.309 e. The van der Waals surface area contributed by atoms with Gasteiger partial charge in [-0.15, -0.1) is 0 Å². The quantitative estimate of drug-likeness (QED) is 0.474. The summed E-state index contributed by atoms with van der Waals surface area (Å²) in [7, 11) is -3.18. The van der Waals surface area contributed by atoms with Gasteiger partial charge in [0, 0.05) is 33.7 Å². The Bertz CT molecular complexity index is 1120. The lowest BCUT2D eigenvalue weighted by atomic mass is 10.1. The van der Waals surface area contributed by atoms with E-state index in [1.807, 2.05) is 60.7 Å². The molecule has 0 amide bonds. The Hall–Kier alpha value is -3.10. The summed E-state index contributed by atoms with van der Waals surface area (Å²) in [5.74, 6) is -1.37. The number of hydrogen-bond donors (Lipinski definition) is 0. The van der Waals surface area contributed by atoms with Crippen LogP contribution >= 0.6 is 7.14 Å². The van der Waals surface area contributed by atoms with E-state index >= 15 is 0 Å². The van der Waals surface area contributed by atoms with Crippen molar-refractivity contribution in [1.82, 2.24) is 4.98 Å². The molecule has 0 spiro atoms. The molecule has 3 aromatic carbocycles. The maximum Gasteiger partial charge on any atom is 0.171 e. The van der Waals surface area contributed by atoms with Crippen molar-refractivity contribution in [2.45, 2.75) is 0 Å². The van der Waals surface area contributed by atoms with Crippen molar-refractivity contribution in [3.63, 3.8) is 0 Å². The Morgan fingerprint density at radius 2 is 1.29 bits per heavy atom. The zero-order valence-electron chi connectivity index (χ0n) is 14.8. The van der Waals surface area contributed by atoms with Gasteiger partial charge in [-0.05, 0) is 24.3 Å². The van der Waals surface area contributed by atoms with E-state index in [9.17, 15) is 13.3 Å². The van der Waals surface area contributed by atoms with Crippen molar-refractivity contribution in [2.24, 2.45) is 0 Å². The topological polar surface area (TPSA) is 30.0 Å². The van der Waals surface area contributed by atoms with Crippen molar-refractivity contribution < 1.29 is 13.3 Å². The van der Waals surface area contributed by atoms with Gasteiger partial charge in [-0.3, -0.25) is 4.98 Å². The molecule has 0 aliphatic carbocycles. The molecule has 0 aliphatic rings. The first-order valence-corrected chi connectivity index (χ1v) is 10.4. The summed E-state index contributed by atoms with van der Waals surface area (Å²) < 4.78 is 41.9. The molecule has 0 atom stereocenters. The molecule has 1 aromatic heterocycles. The fourth-order valence-electron chi connectivity index (χ4n) is 3.18. The van der Waals surface area contributed by atoms with Crippen LogP contribution in [-0.2, 0) is 4.57 Å². The first-order chi connectivity index (χ1) is 13.6. The molecule has 1 heterocycles. The number of aromatic nitrogens is 1. The summed E-state index contributed by atoms with van der Waals surface area (Å²) >= 11 is 0. The lowest BCUT2D eigenvalue weighted by molar-refractivity contribution is 0.585. The lowest BCUT2D eigenvalue weighted by Crippen LogP contribution is -2.25. The van der Waals surface area contributed by atoms with E-state index in [4.69, 9.17) is 0 Å². The Morgan fingerprint density at radius 3 is 1.86 bits per heavy atom. The van der Waals surface area contributed by atoms with Gasteiger partial charge in [0.25, 0.3) is 0 Å². The average molecular weight is 391 g/mol. The molecule has 0 saturated heterocycles. The summed E-state index contributed by atoms with van der Waals surface area (Å²) in [6.07, 6.45) is 1.51. The highest BCUT2D eigenvalue weighted by Crippen LogP contribution is 2.42. The zero-order chi connectivity index (χ0) is 19.6. The van der Waals surface area contributed by atoms with Gasteiger partial charge in [0.05, 0.1) is 5.69 Å². The maximum atomic E-state index is 14.4. The Balaban J connectivity index is 1.93. The van der Waals surface area contributed by atoms with Crippen LogP contribution in [0.2, 0.25) is 0 Å². The van der Waals surface area contributed by atoms with Crippen LogP contribution in [0.25, 0.3) is 11.3 Å². The second-order valence-electron chi connectivity index (χ2n) is 6.30. The van der Waals surface area contributed by atoms with E-state index in [1.54, 1.807) is 12.1 Å². The van der Waals surface area contributed by atoms with Crippen molar-refractivity contribution >= 4 is 23.1 Å². The minimum absolute atomic E-state index is 0.163. The summed E-state index contributed by atoms with van der Waals surface area (Å²) in [4.78, 5) is 4.22. The van der Waals surface area contributed by atoms with Gasteiger partial charge in [-0.25, -0.2) is 8.78 Å². The highest BCUT2D eigenvalue weighted by Gasteiger charge is 2.30. The van der Waals surface area contributed by atoms with E-state index in [1.165, 1.54) is 18.3 Å². The fourth-order valence-corrected chi connectivity index (χ4v) is 5.84. The molecule has 0 aliphatic heterocycles. The van der Waals surface area contributed by atoms with Crippen LogP contribution < -0.4 is 15.9 Å². The fraction of sp³-hybridized carbons (Fsp3) is 0. The first kappa shape index (κ1) is 18.3. The molecule has 0 saturated carbocycles. The van der Waals surface area contributed by atoms with E-state index < -0.39 is 18.8 Å². The maximum absolute atomic E-state index is 14.4. The van der Waals surface area contributed by atoms with E-state index in [-0.39, 0.29) is 5.56 Å². The molecule has 28 heavy (non-hydrogen) atoms. The van der Waals surface area contributed by atoms with Gasteiger partial charge in [0.2, 0.25) is 0 Å². The number of pyridine rings is 1. The highest BCUT2D eigenvalue weighted by atomic mass is 31.2. The number of rotatable bonds is 4. The molecule has 5 heteroatoms. The van der Waals surface area contributed by atoms with Crippen LogP contribution in [-0.4, -0.2) is 4.98 Å². The van der Waals surface area contributed by atoms with E-state index in [0.717, 1.165) is 6.07 Å². The second-order valence-corrected chi connectivity index (χ2v) is 9.07. The molecule has 2 nitrogen and oxygen atoms in total. The predicted molar refractivity (Wildman–Crippen MR) is 109 cm³/mol. The Kier molecular flexibility index (Phi) is 4.89. The van der Waals surface area contributed by atoms with Crippen LogP contribution in [0.4, 0.5) is 8.78 Å². The lowest BCUT2D eigenvalue weighted by Gasteiger charge is -2.20. The third-order valence-electron chi connectivity index (χ3n) is 4.55. The number of hydrogen-bond acceptors (Lipinski definition) is 2. The van der Waals surface area contributed by atoms with E-state index in [2.05, 4.69) is 4.98 Å². The third kappa shape index (κ3) is 3.28. The molecule has 0 N–H and O–H groups in total. The largest absolute Gasteiger partial charge is 0.309 e. The number of nitrogens with zero attached hydrogens (tertiary/aromatic N) is 1. The molecule has 0 fully saturated rings. The highest BCUT2D eigenvalue weighted by molar-refractivity contribution is 7.85. The number of halogens is 2. The molecule has 0 bridgehead atoms. The van der Waals surface area contributed by atoms with Gasteiger partial charge in [-0.1, -0.05) is 60.7 Å². The summed E-state index contributed by atoms with van der Waals surface area (Å²) in [5.41, 5.74) is 0.470. The average Bonchev–Trinajstić information content (AvgIpc) is 2.74. The van der Waals surface area contributed by atoms with Crippen molar-refractivity contribution in [3.05, 3.63) is 109 Å².